The van der Waals surface area contributed by atoms with E-state index < -0.39 is 24.9 Å². The summed E-state index contributed by atoms with van der Waals surface area (Å²) in [4.78, 5) is 12.2. The quantitative estimate of drug-likeness (QED) is 0.875. The number of carbonyl (C=O) groups is 1. The third-order valence-electron chi connectivity index (χ3n) is 4.11. The molecule has 8 heteroatoms. The summed E-state index contributed by atoms with van der Waals surface area (Å²) in [6.07, 6.45) is 0.112. The predicted molar refractivity (Wildman–Crippen MR) is 95.1 cm³/mol. The molecule has 0 aromatic heterocycles. The molecule has 1 saturated heterocycles. The lowest BCUT2D eigenvalue weighted by Gasteiger charge is -2.11. The van der Waals surface area contributed by atoms with Crippen molar-refractivity contribution in [2.24, 2.45) is 0 Å². The number of benzene rings is 2. The zero-order chi connectivity index (χ0) is 18.1. The van der Waals surface area contributed by atoms with Crippen LogP contribution in [0.1, 0.15) is 16.8 Å². The standard InChI is InChI=1S/C17H17NO5S2/c19-17(18-14-4-2-1-3-5-14)13-6-8-15(9-7-13)25(22,23)16-10-11-24(20,21)12-16/h1-9,16H,10-12H2,(H,18,19)/t16-/m0/s1. The topological polar surface area (TPSA) is 97.4 Å². The van der Waals surface area contributed by atoms with Crippen molar-refractivity contribution < 1.29 is 21.6 Å². The fourth-order valence-electron chi connectivity index (χ4n) is 2.72. The molecular weight excluding hydrogens is 362 g/mol. The van der Waals surface area contributed by atoms with Crippen LogP contribution in [-0.2, 0) is 19.7 Å². The molecule has 1 fully saturated rings. The molecule has 1 aliphatic heterocycles. The van der Waals surface area contributed by atoms with Gasteiger partial charge in [0.15, 0.2) is 19.7 Å². The third-order valence-corrected chi connectivity index (χ3v) is 8.29. The van der Waals surface area contributed by atoms with E-state index in [4.69, 9.17) is 0 Å². The first-order valence-corrected chi connectivity index (χ1v) is 11.1. The van der Waals surface area contributed by atoms with E-state index in [0.717, 1.165) is 0 Å². The summed E-state index contributed by atoms with van der Waals surface area (Å²) in [5.74, 6) is -0.793. The average Bonchev–Trinajstić information content (AvgIpc) is 2.96. The highest BCUT2D eigenvalue weighted by molar-refractivity contribution is 7.96. The number of para-hydroxylation sites is 1. The zero-order valence-electron chi connectivity index (χ0n) is 13.3. The van der Waals surface area contributed by atoms with Crippen LogP contribution in [-0.4, -0.2) is 39.5 Å². The molecule has 0 spiro atoms. The van der Waals surface area contributed by atoms with Crippen LogP contribution in [0.4, 0.5) is 5.69 Å². The van der Waals surface area contributed by atoms with E-state index in [1.54, 1.807) is 24.3 Å². The molecule has 1 amide bonds. The first-order chi connectivity index (χ1) is 11.8. The van der Waals surface area contributed by atoms with Gasteiger partial charge in [-0.25, -0.2) is 16.8 Å². The maximum absolute atomic E-state index is 12.5. The molecule has 2 aromatic rings. The van der Waals surface area contributed by atoms with Crippen LogP contribution >= 0.6 is 0 Å². The van der Waals surface area contributed by atoms with Crippen molar-refractivity contribution in [1.82, 2.24) is 0 Å². The number of amides is 1. The van der Waals surface area contributed by atoms with Crippen molar-refractivity contribution in [2.45, 2.75) is 16.6 Å². The van der Waals surface area contributed by atoms with Crippen molar-refractivity contribution in [3.8, 4) is 0 Å². The molecule has 1 aliphatic rings. The van der Waals surface area contributed by atoms with Crippen molar-refractivity contribution >= 4 is 31.3 Å². The number of anilines is 1. The van der Waals surface area contributed by atoms with E-state index in [1.807, 2.05) is 6.07 Å². The van der Waals surface area contributed by atoms with Gasteiger partial charge in [0, 0.05) is 11.3 Å². The van der Waals surface area contributed by atoms with Crippen molar-refractivity contribution in [2.75, 3.05) is 16.8 Å². The molecule has 132 valence electrons. The molecule has 0 bridgehead atoms. The molecule has 1 atom stereocenters. The SMILES string of the molecule is O=C(Nc1ccccc1)c1ccc(S(=O)(=O)[C@H]2CCS(=O)(=O)C2)cc1. The smallest absolute Gasteiger partial charge is 0.255 e. The Balaban J connectivity index is 1.77. The fourth-order valence-corrected chi connectivity index (χ4v) is 7.08. The van der Waals surface area contributed by atoms with Crippen LogP contribution in [0, 0.1) is 0 Å². The minimum absolute atomic E-state index is 0.0332. The first-order valence-electron chi connectivity index (χ1n) is 7.69. The second-order valence-electron chi connectivity index (χ2n) is 5.91. The Labute approximate surface area is 146 Å². The van der Waals surface area contributed by atoms with Crippen LogP contribution in [0.2, 0.25) is 0 Å². The second kappa shape index (κ2) is 6.61. The Hall–Kier alpha value is -2.19. The molecule has 6 nitrogen and oxygen atoms in total. The summed E-state index contributed by atoms with van der Waals surface area (Å²) < 4.78 is 48.1. The summed E-state index contributed by atoms with van der Waals surface area (Å²) in [5.41, 5.74) is 0.960. The van der Waals surface area contributed by atoms with Gasteiger partial charge in [-0.2, -0.15) is 0 Å². The van der Waals surface area contributed by atoms with Crippen molar-refractivity contribution in [1.29, 1.82) is 0 Å². The number of hydrogen-bond donors (Lipinski definition) is 1. The minimum atomic E-state index is -3.72. The van der Waals surface area contributed by atoms with E-state index in [0.29, 0.717) is 11.3 Å². The lowest BCUT2D eigenvalue weighted by atomic mass is 10.2. The molecule has 0 saturated carbocycles. The van der Waals surface area contributed by atoms with Gasteiger partial charge in [0.05, 0.1) is 21.7 Å². The van der Waals surface area contributed by atoms with Gasteiger partial charge in [-0.15, -0.1) is 0 Å². The van der Waals surface area contributed by atoms with E-state index in [1.165, 1.54) is 24.3 Å². The Kier molecular flexibility index (Phi) is 4.66. The molecular formula is C17H17NO5S2. The second-order valence-corrected chi connectivity index (χ2v) is 10.4. The summed E-state index contributed by atoms with van der Waals surface area (Å²) in [6, 6.07) is 14.5. The zero-order valence-corrected chi connectivity index (χ0v) is 14.9. The highest BCUT2D eigenvalue weighted by atomic mass is 32.2. The van der Waals surface area contributed by atoms with Gasteiger partial charge in [-0.05, 0) is 42.8 Å². The molecule has 0 aliphatic carbocycles. The summed E-state index contributed by atoms with van der Waals surface area (Å²) >= 11 is 0. The largest absolute Gasteiger partial charge is 0.322 e. The van der Waals surface area contributed by atoms with Crippen molar-refractivity contribution in [3.63, 3.8) is 0 Å². The van der Waals surface area contributed by atoms with Gasteiger partial charge in [0.25, 0.3) is 5.91 Å². The summed E-state index contributed by atoms with van der Waals surface area (Å²) in [6.45, 7) is 0. The van der Waals surface area contributed by atoms with Gasteiger partial charge < -0.3 is 5.32 Å². The molecule has 3 rings (SSSR count). The number of carbonyl (C=O) groups excluding carboxylic acids is 1. The normalized spacial score (nSPS) is 19.4. The van der Waals surface area contributed by atoms with Crippen LogP contribution in [0.5, 0.6) is 0 Å². The Morgan fingerprint density at radius 1 is 1.00 bits per heavy atom. The molecule has 25 heavy (non-hydrogen) atoms. The maximum atomic E-state index is 12.5. The minimum Gasteiger partial charge on any atom is -0.322 e. The Bertz CT molecular complexity index is 981. The highest BCUT2D eigenvalue weighted by Crippen LogP contribution is 2.25. The predicted octanol–water partition coefficient (Wildman–Crippen LogP) is 1.90. The van der Waals surface area contributed by atoms with E-state index in [9.17, 15) is 21.6 Å². The van der Waals surface area contributed by atoms with Gasteiger partial charge in [-0.3, -0.25) is 4.79 Å². The molecule has 1 heterocycles. The Morgan fingerprint density at radius 3 is 2.20 bits per heavy atom. The summed E-state index contributed by atoms with van der Waals surface area (Å²) in [5, 5.41) is 1.80. The van der Waals surface area contributed by atoms with E-state index in [-0.39, 0.29) is 28.7 Å². The Morgan fingerprint density at radius 2 is 1.64 bits per heavy atom. The summed E-state index contributed by atoms with van der Waals surface area (Å²) in [7, 11) is -7.01. The van der Waals surface area contributed by atoms with Gasteiger partial charge in [-0.1, -0.05) is 18.2 Å². The lowest BCUT2D eigenvalue weighted by molar-refractivity contribution is 0.102. The number of rotatable bonds is 4. The van der Waals surface area contributed by atoms with Crippen LogP contribution < -0.4 is 5.32 Å². The van der Waals surface area contributed by atoms with Crippen LogP contribution in [0.3, 0.4) is 0 Å². The lowest BCUT2D eigenvalue weighted by Crippen LogP contribution is -2.22. The molecule has 1 N–H and O–H groups in total. The maximum Gasteiger partial charge on any atom is 0.255 e. The molecule has 0 unspecified atom stereocenters. The van der Waals surface area contributed by atoms with E-state index in [2.05, 4.69) is 5.32 Å². The molecule has 2 aromatic carbocycles. The third kappa shape index (κ3) is 3.91. The van der Waals surface area contributed by atoms with Crippen molar-refractivity contribution in [3.05, 3.63) is 60.2 Å². The number of nitrogens with one attached hydrogen (secondary N) is 1. The van der Waals surface area contributed by atoms with Gasteiger partial charge in [0.2, 0.25) is 0 Å². The number of hydrogen-bond acceptors (Lipinski definition) is 5. The van der Waals surface area contributed by atoms with Gasteiger partial charge >= 0.3 is 0 Å². The van der Waals surface area contributed by atoms with E-state index >= 15 is 0 Å². The van der Waals surface area contributed by atoms with Crippen LogP contribution in [0.25, 0.3) is 0 Å². The first kappa shape index (κ1) is 17.6. The monoisotopic (exact) mass is 379 g/mol. The highest BCUT2D eigenvalue weighted by Gasteiger charge is 2.37. The average molecular weight is 379 g/mol. The molecule has 0 radical (unpaired) electrons. The fraction of sp³-hybridized carbons (Fsp3) is 0.235. The van der Waals surface area contributed by atoms with Crippen LogP contribution in [0.15, 0.2) is 59.5 Å². The van der Waals surface area contributed by atoms with Gasteiger partial charge in [0.1, 0.15) is 0 Å². The number of sulfone groups is 2.